The number of halogens is 2. The predicted octanol–water partition coefficient (Wildman–Crippen LogP) is 2.75. The molecule has 0 aromatic heterocycles. The minimum absolute atomic E-state index is 0.270. The van der Waals surface area contributed by atoms with E-state index in [4.69, 9.17) is 4.74 Å². The second-order valence-electron chi connectivity index (χ2n) is 2.21. The number of methoxy groups -OCH3 is 1. The molecule has 0 N–H and O–H groups in total. The lowest BCUT2D eigenvalue weighted by molar-refractivity contribution is 0.382. The third kappa shape index (κ3) is 1.64. The molecule has 3 heteroatoms. The van der Waals surface area contributed by atoms with Crippen molar-refractivity contribution in [3.63, 3.8) is 0 Å². The van der Waals surface area contributed by atoms with Crippen molar-refractivity contribution in [2.45, 2.75) is 6.92 Å². The summed E-state index contributed by atoms with van der Waals surface area (Å²) in [7, 11) is 1.47. The monoisotopic (exact) mass is 266 g/mol. The van der Waals surface area contributed by atoms with Gasteiger partial charge in [0.15, 0.2) is 11.6 Å². The SMILES string of the molecule is COc1c(C)ccc(I)c1F. The van der Waals surface area contributed by atoms with Gasteiger partial charge in [-0.15, -0.1) is 0 Å². The second-order valence-corrected chi connectivity index (χ2v) is 3.37. The summed E-state index contributed by atoms with van der Waals surface area (Å²) < 4.78 is 18.6. The minimum atomic E-state index is -0.270. The van der Waals surface area contributed by atoms with Gasteiger partial charge in [0.25, 0.3) is 0 Å². The van der Waals surface area contributed by atoms with Crippen molar-refractivity contribution in [2.75, 3.05) is 7.11 Å². The average Bonchev–Trinajstić information content (AvgIpc) is 1.99. The molecule has 0 bridgehead atoms. The quantitative estimate of drug-likeness (QED) is 0.710. The van der Waals surface area contributed by atoms with Gasteiger partial charge >= 0.3 is 0 Å². The highest BCUT2D eigenvalue weighted by atomic mass is 127. The molecule has 1 rings (SSSR count). The molecule has 0 heterocycles. The molecule has 1 aromatic rings. The van der Waals surface area contributed by atoms with Crippen LogP contribution < -0.4 is 4.74 Å². The fourth-order valence-electron chi connectivity index (χ4n) is 0.879. The number of ether oxygens (including phenoxy) is 1. The van der Waals surface area contributed by atoms with E-state index in [1.54, 1.807) is 6.07 Å². The van der Waals surface area contributed by atoms with E-state index in [1.807, 2.05) is 35.6 Å². The van der Waals surface area contributed by atoms with Crippen LogP contribution in [0.15, 0.2) is 12.1 Å². The molecule has 0 atom stereocenters. The normalized spacial score (nSPS) is 9.82. The third-order valence-electron chi connectivity index (χ3n) is 1.45. The maximum Gasteiger partial charge on any atom is 0.178 e. The molecular formula is C8H8FIO. The highest BCUT2D eigenvalue weighted by Crippen LogP contribution is 2.25. The van der Waals surface area contributed by atoms with E-state index in [0.717, 1.165) is 5.56 Å². The Labute approximate surface area is 78.7 Å². The van der Waals surface area contributed by atoms with Gasteiger partial charge in [-0.3, -0.25) is 0 Å². The van der Waals surface area contributed by atoms with Gasteiger partial charge in [0.1, 0.15) is 0 Å². The highest BCUT2D eigenvalue weighted by molar-refractivity contribution is 14.1. The van der Waals surface area contributed by atoms with E-state index >= 15 is 0 Å². The lowest BCUT2D eigenvalue weighted by Gasteiger charge is -2.05. The molecular weight excluding hydrogens is 258 g/mol. The Balaban J connectivity index is 3.29. The summed E-state index contributed by atoms with van der Waals surface area (Å²) in [5.41, 5.74) is 0.824. The molecule has 60 valence electrons. The molecule has 0 saturated heterocycles. The van der Waals surface area contributed by atoms with Crippen molar-refractivity contribution in [3.8, 4) is 5.75 Å². The Bertz CT molecular complexity index is 273. The molecule has 0 aliphatic carbocycles. The Morgan fingerprint density at radius 1 is 1.45 bits per heavy atom. The number of rotatable bonds is 1. The van der Waals surface area contributed by atoms with Gasteiger partial charge in [-0.2, -0.15) is 0 Å². The Morgan fingerprint density at radius 2 is 2.09 bits per heavy atom. The van der Waals surface area contributed by atoms with Crippen molar-refractivity contribution in [2.24, 2.45) is 0 Å². The van der Waals surface area contributed by atoms with Crippen LogP contribution in [-0.2, 0) is 0 Å². The maximum absolute atomic E-state index is 13.1. The van der Waals surface area contributed by atoms with Gasteiger partial charge in [0.05, 0.1) is 10.7 Å². The number of benzene rings is 1. The van der Waals surface area contributed by atoms with E-state index in [2.05, 4.69) is 0 Å². The summed E-state index contributed by atoms with van der Waals surface area (Å²) in [6.45, 7) is 1.82. The van der Waals surface area contributed by atoms with Crippen LogP contribution in [0.5, 0.6) is 5.75 Å². The van der Waals surface area contributed by atoms with E-state index in [9.17, 15) is 4.39 Å². The van der Waals surface area contributed by atoms with Crippen molar-refractivity contribution >= 4 is 22.6 Å². The zero-order chi connectivity index (χ0) is 8.43. The van der Waals surface area contributed by atoms with Gasteiger partial charge in [-0.1, -0.05) is 6.07 Å². The van der Waals surface area contributed by atoms with Crippen LogP contribution in [0.4, 0.5) is 4.39 Å². The average molecular weight is 266 g/mol. The van der Waals surface area contributed by atoms with E-state index in [1.165, 1.54) is 7.11 Å². The van der Waals surface area contributed by atoms with Crippen LogP contribution in [0, 0.1) is 16.3 Å². The molecule has 1 aromatic carbocycles. The smallest absolute Gasteiger partial charge is 0.178 e. The van der Waals surface area contributed by atoms with Gasteiger partial charge in [0, 0.05) is 0 Å². The van der Waals surface area contributed by atoms with Crippen molar-refractivity contribution in [1.29, 1.82) is 0 Å². The third-order valence-corrected chi connectivity index (χ3v) is 2.28. The van der Waals surface area contributed by atoms with Crippen LogP contribution in [-0.4, -0.2) is 7.11 Å². The molecule has 0 fully saturated rings. The summed E-state index contributed by atoms with van der Waals surface area (Å²) in [5, 5.41) is 0. The standard InChI is InChI=1S/C8H8FIO/c1-5-3-4-6(10)7(9)8(5)11-2/h3-4H,1-2H3. The van der Waals surface area contributed by atoms with E-state index in [0.29, 0.717) is 9.32 Å². The van der Waals surface area contributed by atoms with Crippen LogP contribution in [0.1, 0.15) is 5.56 Å². The van der Waals surface area contributed by atoms with Crippen LogP contribution in [0.3, 0.4) is 0 Å². The largest absolute Gasteiger partial charge is 0.493 e. The first-order valence-electron chi connectivity index (χ1n) is 3.15. The first-order valence-corrected chi connectivity index (χ1v) is 4.23. The highest BCUT2D eigenvalue weighted by Gasteiger charge is 2.08. The molecule has 0 aliphatic heterocycles. The molecule has 0 aliphatic rings. The van der Waals surface area contributed by atoms with Gasteiger partial charge in [-0.25, -0.2) is 4.39 Å². The summed E-state index contributed by atoms with van der Waals surface area (Å²) in [4.78, 5) is 0. The summed E-state index contributed by atoms with van der Waals surface area (Å²) in [5.74, 6) is 0.0741. The molecule has 1 nitrogen and oxygen atoms in total. The molecule has 0 unspecified atom stereocenters. The summed E-state index contributed by atoms with van der Waals surface area (Å²) in [6, 6.07) is 3.57. The summed E-state index contributed by atoms with van der Waals surface area (Å²) in [6.07, 6.45) is 0. The van der Waals surface area contributed by atoms with Crippen LogP contribution in [0.2, 0.25) is 0 Å². The van der Waals surface area contributed by atoms with Gasteiger partial charge < -0.3 is 4.74 Å². The van der Waals surface area contributed by atoms with E-state index in [-0.39, 0.29) is 5.82 Å². The first-order chi connectivity index (χ1) is 5.16. The molecule has 0 radical (unpaired) electrons. The molecule has 0 saturated carbocycles. The fourth-order valence-corrected chi connectivity index (χ4v) is 1.30. The minimum Gasteiger partial charge on any atom is -0.493 e. The zero-order valence-electron chi connectivity index (χ0n) is 6.32. The number of hydrogen-bond acceptors (Lipinski definition) is 1. The predicted molar refractivity (Wildman–Crippen MR) is 50.4 cm³/mol. The first kappa shape index (κ1) is 8.77. The van der Waals surface area contributed by atoms with Crippen molar-refractivity contribution in [1.82, 2.24) is 0 Å². The molecule has 11 heavy (non-hydrogen) atoms. The van der Waals surface area contributed by atoms with Crippen molar-refractivity contribution in [3.05, 3.63) is 27.1 Å². The molecule has 0 spiro atoms. The van der Waals surface area contributed by atoms with E-state index < -0.39 is 0 Å². The topological polar surface area (TPSA) is 9.23 Å². The number of aryl methyl sites for hydroxylation is 1. The number of hydrogen-bond donors (Lipinski definition) is 0. The maximum atomic E-state index is 13.1. The van der Waals surface area contributed by atoms with Crippen molar-refractivity contribution < 1.29 is 9.13 Å². The lowest BCUT2D eigenvalue weighted by atomic mass is 10.2. The second kappa shape index (κ2) is 3.38. The fraction of sp³-hybridized carbons (Fsp3) is 0.250. The lowest BCUT2D eigenvalue weighted by Crippen LogP contribution is -1.93. The zero-order valence-corrected chi connectivity index (χ0v) is 8.48. The van der Waals surface area contributed by atoms with Crippen LogP contribution in [0.25, 0.3) is 0 Å². The summed E-state index contributed by atoms with van der Waals surface area (Å²) >= 11 is 1.93. The van der Waals surface area contributed by atoms with Gasteiger partial charge in [0.2, 0.25) is 0 Å². The molecule has 0 amide bonds. The Kier molecular flexibility index (Phi) is 2.70. The Hall–Kier alpha value is -0.320. The van der Waals surface area contributed by atoms with Crippen LogP contribution >= 0.6 is 22.6 Å². The van der Waals surface area contributed by atoms with Gasteiger partial charge in [-0.05, 0) is 41.1 Å². The Morgan fingerprint density at radius 3 is 2.55 bits per heavy atom.